The molecular weight excluding hydrogens is 368 g/mol. The first kappa shape index (κ1) is 21.0. The van der Waals surface area contributed by atoms with E-state index in [-0.39, 0.29) is 29.1 Å². The molecule has 2 N–H and O–H groups in total. The molecule has 1 aromatic carbocycles. The van der Waals surface area contributed by atoms with Crippen LogP contribution in [0.2, 0.25) is 0 Å². The van der Waals surface area contributed by atoms with Crippen LogP contribution in [0.4, 0.5) is 5.69 Å². The van der Waals surface area contributed by atoms with Crippen molar-refractivity contribution in [2.24, 2.45) is 0 Å². The van der Waals surface area contributed by atoms with Crippen molar-refractivity contribution in [1.82, 2.24) is 15.2 Å². The number of morpholine rings is 1. The Bertz CT molecular complexity index is 847. The van der Waals surface area contributed by atoms with Crippen LogP contribution in [0.1, 0.15) is 46.3 Å². The van der Waals surface area contributed by atoms with E-state index in [2.05, 4.69) is 34.4 Å². The molecule has 0 aliphatic carbocycles. The smallest absolute Gasteiger partial charge is 0.274 e. The van der Waals surface area contributed by atoms with E-state index in [1.54, 1.807) is 18.2 Å². The summed E-state index contributed by atoms with van der Waals surface area (Å²) in [4.78, 5) is 31.6. The minimum atomic E-state index is -0.332. The fourth-order valence-corrected chi connectivity index (χ4v) is 3.23. The molecule has 1 aromatic heterocycles. The summed E-state index contributed by atoms with van der Waals surface area (Å²) in [6, 6.07) is 12.6. The summed E-state index contributed by atoms with van der Waals surface area (Å²) >= 11 is 0. The number of amides is 2. The van der Waals surface area contributed by atoms with Gasteiger partial charge in [-0.15, -0.1) is 0 Å². The van der Waals surface area contributed by atoms with Gasteiger partial charge < -0.3 is 15.4 Å². The standard InChI is InChI=1S/C22H28N4O3/c1-16(2)17-6-3-4-7-18(17)25-22(28)20-9-5-8-19(24-20)21(27)23-10-11-26-12-14-29-15-13-26/h3-9,16H,10-15H2,1-2H3,(H,23,27)(H,25,28). The second-order valence-corrected chi connectivity index (χ2v) is 7.31. The molecule has 0 bridgehead atoms. The number of hydrogen-bond acceptors (Lipinski definition) is 5. The second kappa shape index (κ2) is 10.1. The van der Waals surface area contributed by atoms with Gasteiger partial charge in [0.05, 0.1) is 13.2 Å². The molecule has 1 fully saturated rings. The van der Waals surface area contributed by atoms with Crippen molar-refractivity contribution in [2.75, 3.05) is 44.7 Å². The number of para-hydroxylation sites is 1. The van der Waals surface area contributed by atoms with Gasteiger partial charge in [0.25, 0.3) is 11.8 Å². The first-order chi connectivity index (χ1) is 14.0. The zero-order valence-electron chi connectivity index (χ0n) is 17.0. The maximum Gasteiger partial charge on any atom is 0.274 e. The number of carbonyl (C=O) groups is 2. The van der Waals surface area contributed by atoms with Crippen LogP contribution in [-0.2, 0) is 4.74 Å². The topological polar surface area (TPSA) is 83.6 Å². The number of carbonyl (C=O) groups excluding carboxylic acids is 2. The molecular formula is C22H28N4O3. The van der Waals surface area contributed by atoms with Gasteiger partial charge in [0, 0.05) is 31.9 Å². The Balaban J connectivity index is 1.59. The number of nitrogens with one attached hydrogen (secondary N) is 2. The Labute approximate surface area is 171 Å². The largest absolute Gasteiger partial charge is 0.379 e. The highest BCUT2D eigenvalue weighted by Gasteiger charge is 2.15. The monoisotopic (exact) mass is 396 g/mol. The molecule has 154 valence electrons. The Morgan fingerprint density at radius 1 is 1.03 bits per heavy atom. The number of aromatic nitrogens is 1. The minimum absolute atomic E-state index is 0.212. The number of anilines is 1. The molecule has 0 radical (unpaired) electrons. The lowest BCUT2D eigenvalue weighted by atomic mass is 10.0. The lowest BCUT2D eigenvalue weighted by molar-refractivity contribution is 0.0383. The van der Waals surface area contributed by atoms with E-state index in [0.717, 1.165) is 44.1 Å². The van der Waals surface area contributed by atoms with Gasteiger partial charge in [-0.05, 0) is 29.7 Å². The first-order valence-electron chi connectivity index (χ1n) is 10.00. The molecule has 7 heteroatoms. The third-order valence-electron chi connectivity index (χ3n) is 4.86. The maximum absolute atomic E-state index is 12.7. The van der Waals surface area contributed by atoms with Crippen LogP contribution >= 0.6 is 0 Å². The van der Waals surface area contributed by atoms with E-state index in [1.807, 2.05) is 24.3 Å². The average molecular weight is 396 g/mol. The second-order valence-electron chi connectivity index (χ2n) is 7.31. The molecule has 0 saturated carbocycles. The van der Waals surface area contributed by atoms with E-state index in [0.29, 0.717) is 6.54 Å². The highest BCUT2D eigenvalue weighted by molar-refractivity contribution is 6.04. The third kappa shape index (κ3) is 5.85. The Kier molecular flexibility index (Phi) is 7.32. The van der Waals surface area contributed by atoms with Gasteiger partial charge >= 0.3 is 0 Å². The van der Waals surface area contributed by atoms with Gasteiger partial charge in [0.15, 0.2) is 0 Å². The molecule has 1 aliphatic rings. The van der Waals surface area contributed by atoms with Gasteiger partial charge in [-0.3, -0.25) is 14.5 Å². The van der Waals surface area contributed by atoms with E-state index in [1.165, 1.54) is 0 Å². The molecule has 0 spiro atoms. The van der Waals surface area contributed by atoms with Crippen LogP contribution in [0.5, 0.6) is 0 Å². The van der Waals surface area contributed by atoms with Crippen molar-refractivity contribution in [3.8, 4) is 0 Å². The van der Waals surface area contributed by atoms with Gasteiger partial charge in [-0.2, -0.15) is 0 Å². The molecule has 2 heterocycles. The number of pyridine rings is 1. The summed E-state index contributed by atoms with van der Waals surface area (Å²) in [5, 5.41) is 5.78. The van der Waals surface area contributed by atoms with E-state index in [9.17, 15) is 9.59 Å². The lowest BCUT2D eigenvalue weighted by Gasteiger charge is -2.26. The average Bonchev–Trinajstić information content (AvgIpc) is 2.74. The highest BCUT2D eigenvalue weighted by atomic mass is 16.5. The van der Waals surface area contributed by atoms with Gasteiger partial charge in [0.1, 0.15) is 11.4 Å². The van der Waals surface area contributed by atoms with Crippen molar-refractivity contribution < 1.29 is 14.3 Å². The zero-order valence-corrected chi connectivity index (χ0v) is 17.0. The fourth-order valence-electron chi connectivity index (χ4n) is 3.23. The quantitative estimate of drug-likeness (QED) is 0.751. The molecule has 1 aliphatic heterocycles. The van der Waals surface area contributed by atoms with Gasteiger partial charge in [-0.25, -0.2) is 4.98 Å². The summed E-state index contributed by atoms with van der Waals surface area (Å²) < 4.78 is 5.32. The van der Waals surface area contributed by atoms with Crippen molar-refractivity contribution >= 4 is 17.5 Å². The lowest BCUT2D eigenvalue weighted by Crippen LogP contribution is -2.41. The van der Waals surface area contributed by atoms with Crippen LogP contribution in [0.15, 0.2) is 42.5 Å². The summed E-state index contributed by atoms with van der Waals surface area (Å²) in [6.07, 6.45) is 0. The molecule has 2 amide bonds. The van der Waals surface area contributed by atoms with Crippen LogP contribution < -0.4 is 10.6 Å². The number of benzene rings is 1. The van der Waals surface area contributed by atoms with Crippen molar-refractivity contribution in [3.63, 3.8) is 0 Å². The van der Waals surface area contributed by atoms with Crippen molar-refractivity contribution in [3.05, 3.63) is 59.4 Å². The zero-order chi connectivity index (χ0) is 20.6. The van der Waals surface area contributed by atoms with Gasteiger partial charge in [0.2, 0.25) is 0 Å². The maximum atomic E-state index is 12.7. The number of ether oxygens (including phenoxy) is 1. The van der Waals surface area contributed by atoms with Crippen molar-refractivity contribution in [1.29, 1.82) is 0 Å². The Morgan fingerprint density at radius 2 is 1.72 bits per heavy atom. The molecule has 3 rings (SSSR count). The SMILES string of the molecule is CC(C)c1ccccc1NC(=O)c1cccc(C(=O)NCCN2CCOCC2)n1. The van der Waals surface area contributed by atoms with Crippen LogP contribution in [-0.4, -0.2) is 61.1 Å². The minimum Gasteiger partial charge on any atom is -0.379 e. The van der Waals surface area contributed by atoms with Crippen LogP contribution in [0.3, 0.4) is 0 Å². The Hall–Kier alpha value is -2.77. The molecule has 0 atom stereocenters. The van der Waals surface area contributed by atoms with Crippen LogP contribution in [0.25, 0.3) is 0 Å². The molecule has 2 aromatic rings. The van der Waals surface area contributed by atoms with E-state index in [4.69, 9.17) is 4.74 Å². The number of rotatable bonds is 7. The molecule has 1 saturated heterocycles. The van der Waals surface area contributed by atoms with E-state index >= 15 is 0 Å². The van der Waals surface area contributed by atoms with Crippen LogP contribution in [0, 0.1) is 0 Å². The highest BCUT2D eigenvalue weighted by Crippen LogP contribution is 2.24. The number of hydrogen-bond donors (Lipinski definition) is 2. The summed E-state index contributed by atoms with van der Waals surface area (Å²) in [7, 11) is 0. The van der Waals surface area contributed by atoms with Crippen molar-refractivity contribution in [2.45, 2.75) is 19.8 Å². The Morgan fingerprint density at radius 3 is 2.45 bits per heavy atom. The normalized spacial score (nSPS) is 14.6. The predicted molar refractivity (Wildman–Crippen MR) is 112 cm³/mol. The molecule has 0 unspecified atom stereocenters. The van der Waals surface area contributed by atoms with Gasteiger partial charge in [-0.1, -0.05) is 38.1 Å². The molecule has 29 heavy (non-hydrogen) atoms. The predicted octanol–water partition coefficient (Wildman–Crippen LogP) is 2.52. The first-order valence-corrected chi connectivity index (χ1v) is 10.00. The molecule has 7 nitrogen and oxygen atoms in total. The number of nitrogens with zero attached hydrogens (tertiary/aromatic N) is 2. The van der Waals surface area contributed by atoms with E-state index < -0.39 is 0 Å². The summed E-state index contributed by atoms with van der Waals surface area (Å²) in [6.45, 7) is 8.65. The fraction of sp³-hybridized carbons (Fsp3) is 0.409. The summed E-state index contributed by atoms with van der Waals surface area (Å²) in [5.41, 5.74) is 2.26. The third-order valence-corrected chi connectivity index (χ3v) is 4.86. The summed E-state index contributed by atoms with van der Waals surface area (Å²) in [5.74, 6) is -0.334.